The minimum Gasteiger partial charge on any atom is -0.480 e. The van der Waals surface area contributed by atoms with Gasteiger partial charge in [-0.05, 0) is 0 Å². The lowest BCUT2D eigenvalue weighted by Crippen LogP contribution is -2.55. The largest absolute Gasteiger partial charge is 0.480 e. The van der Waals surface area contributed by atoms with Gasteiger partial charge < -0.3 is 20.0 Å². The van der Waals surface area contributed by atoms with Crippen molar-refractivity contribution in [1.82, 2.24) is 14.1 Å². The fourth-order valence-electron chi connectivity index (χ4n) is 2.65. The molecule has 0 saturated carbocycles. The van der Waals surface area contributed by atoms with Gasteiger partial charge in [0, 0.05) is 39.1 Å². The Bertz CT molecular complexity index is 528. The minimum atomic E-state index is -3.28. The number of aliphatic hydroxyl groups excluding tert-OH is 1. The van der Waals surface area contributed by atoms with Crippen molar-refractivity contribution in [2.45, 2.75) is 18.6 Å². The Kier molecular flexibility index (Phi) is 4.40. The molecule has 0 unspecified atom stereocenters. The molecule has 2 fully saturated rings. The summed E-state index contributed by atoms with van der Waals surface area (Å²) in [4.78, 5) is 26.0. The summed E-state index contributed by atoms with van der Waals surface area (Å²) in [5.74, 6) is -1.14. The second kappa shape index (κ2) is 5.78. The summed E-state index contributed by atoms with van der Waals surface area (Å²) < 4.78 is 24.1. The zero-order chi connectivity index (χ0) is 15.8. The average Bonchev–Trinajstić information content (AvgIpc) is 2.79. The number of carbonyl (C=O) groups excluding carboxylic acids is 1. The first-order valence-electron chi connectivity index (χ1n) is 6.61. The van der Waals surface area contributed by atoms with Crippen LogP contribution in [0.5, 0.6) is 0 Å². The third-order valence-electron chi connectivity index (χ3n) is 3.79. The number of carboxylic acid groups (broad SMARTS) is 1. The normalized spacial score (nSPS) is 27.9. The summed E-state index contributed by atoms with van der Waals surface area (Å²) in [5.41, 5.74) is 0. The van der Waals surface area contributed by atoms with Crippen LogP contribution in [0.2, 0.25) is 0 Å². The molecule has 0 aromatic heterocycles. The van der Waals surface area contributed by atoms with E-state index in [-0.39, 0.29) is 39.1 Å². The van der Waals surface area contributed by atoms with Crippen LogP contribution in [-0.4, -0.2) is 95.9 Å². The molecule has 0 bridgehead atoms. The molecular formula is C11H19N3O6S. The Morgan fingerprint density at radius 2 is 1.71 bits per heavy atom. The monoisotopic (exact) mass is 321 g/mol. The number of hydrogen-bond acceptors (Lipinski definition) is 5. The summed E-state index contributed by atoms with van der Waals surface area (Å²) in [6.07, 6.45) is 0.291. The number of amides is 2. The van der Waals surface area contributed by atoms with Gasteiger partial charge >= 0.3 is 12.0 Å². The number of rotatable bonds is 2. The minimum absolute atomic E-state index is 0.0118. The number of nitrogens with zero attached hydrogens (tertiary/aromatic N) is 3. The van der Waals surface area contributed by atoms with E-state index in [1.165, 1.54) is 9.21 Å². The third-order valence-corrected chi connectivity index (χ3v) is 5.09. The molecule has 10 heteroatoms. The number of piperazine rings is 1. The lowest BCUT2D eigenvalue weighted by Gasteiger charge is -2.36. The number of carboxylic acids is 1. The van der Waals surface area contributed by atoms with E-state index >= 15 is 0 Å². The van der Waals surface area contributed by atoms with E-state index in [4.69, 9.17) is 5.11 Å². The molecule has 2 N–H and O–H groups in total. The van der Waals surface area contributed by atoms with E-state index in [2.05, 4.69) is 0 Å². The van der Waals surface area contributed by atoms with Crippen molar-refractivity contribution in [3.8, 4) is 0 Å². The number of hydrogen-bond donors (Lipinski definition) is 2. The molecule has 2 heterocycles. The topological polar surface area (TPSA) is 118 Å². The Morgan fingerprint density at radius 3 is 2.19 bits per heavy atom. The SMILES string of the molecule is CS(=O)(=O)N1CCN(C(=O)N2C[C@@H](O)C[C@H]2C(=O)O)CC1. The van der Waals surface area contributed by atoms with Crippen LogP contribution < -0.4 is 0 Å². The Morgan fingerprint density at radius 1 is 1.14 bits per heavy atom. The first-order chi connectivity index (χ1) is 9.70. The Hall–Kier alpha value is -1.39. The van der Waals surface area contributed by atoms with Crippen molar-refractivity contribution in [2.75, 3.05) is 39.0 Å². The van der Waals surface area contributed by atoms with Gasteiger partial charge in [-0.2, -0.15) is 4.31 Å². The highest BCUT2D eigenvalue weighted by atomic mass is 32.2. The average molecular weight is 321 g/mol. The standard InChI is InChI=1S/C11H19N3O6S/c1-21(19,20)13-4-2-12(3-5-13)11(18)14-7-8(15)6-9(14)10(16)17/h8-9,15H,2-7H2,1H3,(H,16,17)/t8-,9-/m0/s1. The quantitative estimate of drug-likeness (QED) is 0.620. The summed E-state index contributed by atoms with van der Waals surface area (Å²) >= 11 is 0. The predicted molar refractivity (Wildman–Crippen MR) is 72.1 cm³/mol. The van der Waals surface area contributed by atoms with Gasteiger partial charge in [0.2, 0.25) is 10.0 Å². The molecule has 0 aliphatic carbocycles. The van der Waals surface area contributed by atoms with Crippen LogP contribution in [0.3, 0.4) is 0 Å². The predicted octanol–water partition coefficient (Wildman–Crippen LogP) is -1.80. The molecule has 2 atom stereocenters. The Labute approximate surface area is 122 Å². The highest BCUT2D eigenvalue weighted by Crippen LogP contribution is 2.21. The third kappa shape index (κ3) is 3.44. The van der Waals surface area contributed by atoms with Crippen molar-refractivity contribution in [3.63, 3.8) is 0 Å². The van der Waals surface area contributed by atoms with Crippen LogP contribution in [0.15, 0.2) is 0 Å². The number of sulfonamides is 1. The lowest BCUT2D eigenvalue weighted by molar-refractivity contribution is -0.141. The Balaban J connectivity index is 2.00. The molecule has 0 aromatic rings. The van der Waals surface area contributed by atoms with Crippen LogP contribution in [0.1, 0.15) is 6.42 Å². The van der Waals surface area contributed by atoms with Gasteiger partial charge in [0.25, 0.3) is 0 Å². The number of β-amino-alcohol motifs (C(OH)–C–C–N with tert-alkyl or cyclic N) is 1. The van der Waals surface area contributed by atoms with E-state index in [1.54, 1.807) is 0 Å². The van der Waals surface area contributed by atoms with E-state index in [9.17, 15) is 23.1 Å². The first-order valence-corrected chi connectivity index (χ1v) is 8.46. The van der Waals surface area contributed by atoms with Crippen LogP contribution in [-0.2, 0) is 14.8 Å². The smallest absolute Gasteiger partial charge is 0.326 e. The van der Waals surface area contributed by atoms with Crippen molar-refractivity contribution >= 4 is 22.0 Å². The molecule has 0 spiro atoms. The molecule has 0 radical (unpaired) electrons. The maximum absolute atomic E-state index is 12.3. The van der Waals surface area contributed by atoms with Gasteiger partial charge in [-0.1, -0.05) is 0 Å². The molecule has 21 heavy (non-hydrogen) atoms. The summed E-state index contributed by atoms with van der Waals surface area (Å²) in [7, 11) is -3.28. The fraction of sp³-hybridized carbons (Fsp3) is 0.818. The van der Waals surface area contributed by atoms with Gasteiger partial charge in [0.1, 0.15) is 6.04 Å². The fourth-order valence-corrected chi connectivity index (χ4v) is 3.48. The maximum Gasteiger partial charge on any atom is 0.326 e. The summed E-state index contributed by atoms with van der Waals surface area (Å²) in [5, 5.41) is 18.6. The van der Waals surface area contributed by atoms with E-state index in [0.29, 0.717) is 0 Å². The lowest BCUT2D eigenvalue weighted by atomic mass is 10.2. The number of carbonyl (C=O) groups is 2. The number of urea groups is 1. The number of aliphatic carboxylic acids is 1. The van der Waals surface area contributed by atoms with Crippen LogP contribution in [0.25, 0.3) is 0 Å². The molecule has 9 nitrogen and oxygen atoms in total. The number of aliphatic hydroxyl groups is 1. The molecule has 0 aromatic carbocycles. The summed E-state index contributed by atoms with van der Waals surface area (Å²) in [6, 6.07) is -1.49. The van der Waals surface area contributed by atoms with Crippen molar-refractivity contribution in [2.24, 2.45) is 0 Å². The van der Waals surface area contributed by atoms with E-state index < -0.39 is 34.2 Å². The molecule has 2 aliphatic rings. The van der Waals surface area contributed by atoms with Crippen molar-refractivity contribution in [1.29, 1.82) is 0 Å². The highest BCUT2D eigenvalue weighted by Gasteiger charge is 2.41. The van der Waals surface area contributed by atoms with E-state index in [1.807, 2.05) is 0 Å². The van der Waals surface area contributed by atoms with Crippen LogP contribution in [0, 0.1) is 0 Å². The van der Waals surface area contributed by atoms with Crippen molar-refractivity contribution in [3.05, 3.63) is 0 Å². The second-order valence-electron chi connectivity index (χ2n) is 5.33. The van der Waals surface area contributed by atoms with E-state index in [0.717, 1.165) is 11.2 Å². The highest BCUT2D eigenvalue weighted by molar-refractivity contribution is 7.88. The second-order valence-corrected chi connectivity index (χ2v) is 7.31. The van der Waals surface area contributed by atoms with Gasteiger partial charge in [-0.15, -0.1) is 0 Å². The van der Waals surface area contributed by atoms with Gasteiger partial charge in [0.15, 0.2) is 0 Å². The number of likely N-dealkylation sites (tertiary alicyclic amines) is 1. The molecule has 120 valence electrons. The van der Waals surface area contributed by atoms with Crippen LogP contribution >= 0.6 is 0 Å². The van der Waals surface area contributed by atoms with Gasteiger partial charge in [0.05, 0.1) is 12.4 Å². The maximum atomic E-state index is 12.3. The molecule has 2 saturated heterocycles. The molecular weight excluding hydrogens is 302 g/mol. The molecule has 2 rings (SSSR count). The zero-order valence-electron chi connectivity index (χ0n) is 11.7. The zero-order valence-corrected chi connectivity index (χ0v) is 12.5. The van der Waals surface area contributed by atoms with Crippen LogP contribution in [0.4, 0.5) is 4.79 Å². The van der Waals surface area contributed by atoms with Crippen molar-refractivity contribution < 1.29 is 28.2 Å². The summed E-state index contributed by atoms with van der Waals surface area (Å²) in [6.45, 7) is 0.801. The molecule has 2 amide bonds. The van der Waals surface area contributed by atoms with Gasteiger partial charge in [-0.3, -0.25) is 0 Å². The van der Waals surface area contributed by atoms with Gasteiger partial charge in [-0.25, -0.2) is 18.0 Å². The first kappa shape index (κ1) is 16.0. The molecule has 2 aliphatic heterocycles.